The van der Waals surface area contributed by atoms with E-state index in [2.05, 4.69) is 0 Å². The Kier molecular flexibility index (Phi) is 4.80. The number of aliphatic carboxylic acids is 1. The van der Waals surface area contributed by atoms with Crippen molar-refractivity contribution in [1.29, 1.82) is 0 Å². The van der Waals surface area contributed by atoms with Gasteiger partial charge in [0.05, 0.1) is 12.5 Å². The van der Waals surface area contributed by atoms with Crippen molar-refractivity contribution < 1.29 is 19.5 Å². The van der Waals surface area contributed by atoms with Crippen molar-refractivity contribution >= 4 is 35.2 Å². The summed E-state index contributed by atoms with van der Waals surface area (Å²) in [4.78, 5) is 39.0. The maximum absolute atomic E-state index is 12.9. The number of thioether (sulfide) groups is 1. The van der Waals surface area contributed by atoms with E-state index < -0.39 is 5.97 Å². The quantitative estimate of drug-likeness (QED) is 0.898. The lowest BCUT2D eigenvalue weighted by Gasteiger charge is -2.35. The highest BCUT2D eigenvalue weighted by atomic mass is 32.2. The second-order valence-electron chi connectivity index (χ2n) is 6.12. The molecule has 1 N–H and O–H groups in total. The van der Waals surface area contributed by atoms with Gasteiger partial charge in [-0.25, -0.2) is 0 Å². The molecule has 2 aliphatic rings. The zero-order chi connectivity index (χ0) is 17.3. The van der Waals surface area contributed by atoms with Gasteiger partial charge in [0.1, 0.15) is 0 Å². The fraction of sp³-hybridized carbons (Fsp3) is 0.471. The Morgan fingerprint density at radius 1 is 1.33 bits per heavy atom. The van der Waals surface area contributed by atoms with Crippen LogP contribution in [0.15, 0.2) is 18.2 Å². The minimum absolute atomic E-state index is 0.0269. The SMILES string of the molecule is CN1C(=O)CCc2cc(C(=O)N3CCSCC3CC(=O)O)ccc21. The molecule has 24 heavy (non-hydrogen) atoms. The molecule has 0 saturated carbocycles. The molecule has 2 aliphatic heterocycles. The number of rotatable bonds is 3. The van der Waals surface area contributed by atoms with Crippen LogP contribution in [0.2, 0.25) is 0 Å². The number of carboxylic acids is 1. The maximum Gasteiger partial charge on any atom is 0.305 e. The average Bonchev–Trinajstić information content (AvgIpc) is 2.57. The van der Waals surface area contributed by atoms with Crippen molar-refractivity contribution in [2.45, 2.75) is 25.3 Å². The number of carbonyl (C=O) groups is 3. The molecule has 0 aliphatic carbocycles. The van der Waals surface area contributed by atoms with Gasteiger partial charge in [-0.3, -0.25) is 14.4 Å². The number of benzene rings is 1. The van der Waals surface area contributed by atoms with E-state index >= 15 is 0 Å². The molecule has 1 atom stereocenters. The number of amides is 2. The Bertz CT molecular complexity index is 691. The highest BCUT2D eigenvalue weighted by molar-refractivity contribution is 7.99. The largest absolute Gasteiger partial charge is 0.481 e. The van der Waals surface area contributed by atoms with E-state index in [-0.39, 0.29) is 24.3 Å². The molecule has 7 heteroatoms. The third-order valence-electron chi connectivity index (χ3n) is 4.57. The number of aryl methyl sites for hydroxylation is 1. The van der Waals surface area contributed by atoms with Gasteiger partial charge >= 0.3 is 5.97 Å². The van der Waals surface area contributed by atoms with Crippen molar-refractivity contribution in [3.05, 3.63) is 29.3 Å². The number of carboxylic acid groups (broad SMARTS) is 1. The van der Waals surface area contributed by atoms with Crippen LogP contribution in [0.25, 0.3) is 0 Å². The van der Waals surface area contributed by atoms with Gasteiger partial charge in [-0.05, 0) is 30.2 Å². The zero-order valence-corrected chi connectivity index (χ0v) is 14.3. The van der Waals surface area contributed by atoms with Crippen LogP contribution in [0.1, 0.15) is 28.8 Å². The molecule has 0 radical (unpaired) electrons. The van der Waals surface area contributed by atoms with E-state index in [1.807, 2.05) is 12.1 Å². The zero-order valence-electron chi connectivity index (χ0n) is 13.5. The number of carbonyl (C=O) groups excluding carboxylic acids is 2. The van der Waals surface area contributed by atoms with Crippen molar-refractivity contribution in [3.63, 3.8) is 0 Å². The molecule has 3 rings (SSSR count). The van der Waals surface area contributed by atoms with E-state index in [1.54, 1.807) is 34.7 Å². The standard InChI is InChI=1S/C17H20N2O4S/c1-18-14-4-2-12(8-11(14)3-5-15(18)20)17(23)19-6-7-24-10-13(19)9-16(21)22/h2,4,8,13H,3,5-7,9-10H2,1H3,(H,21,22). The Morgan fingerprint density at radius 3 is 2.88 bits per heavy atom. The van der Waals surface area contributed by atoms with Gasteiger partial charge in [0.2, 0.25) is 5.91 Å². The van der Waals surface area contributed by atoms with Crippen molar-refractivity contribution in [2.24, 2.45) is 0 Å². The van der Waals surface area contributed by atoms with E-state index in [1.165, 1.54) is 0 Å². The highest BCUT2D eigenvalue weighted by Gasteiger charge is 2.30. The molecule has 1 unspecified atom stereocenters. The summed E-state index contributed by atoms with van der Waals surface area (Å²) < 4.78 is 0. The summed E-state index contributed by atoms with van der Waals surface area (Å²) >= 11 is 1.68. The predicted molar refractivity (Wildman–Crippen MR) is 92.6 cm³/mol. The fourth-order valence-electron chi connectivity index (χ4n) is 3.25. The van der Waals surface area contributed by atoms with Crippen LogP contribution in [0.5, 0.6) is 0 Å². The lowest BCUT2D eigenvalue weighted by atomic mass is 9.98. The molecule has 0 aromatic heterocycles. The molecular formula is C17H20N2O4S. The van der Waals surface area contributed by atoms with Gasteiger partial charge in [-0.1, -0.05) is 0 Å². The van der Waals surface area contributed by atoms with Crippen LogP contribution in [-0.2, 0) is 16.0 Å². The Labute approximate surface area is 144 Å². The topological polar surface area (TPSA) is 77.9 Å². The lowest BCUT2D eigenvalue weighted by Crippen LogP contribution is -2.47. The first kappa shape index (κ1) is 16.8. The van der Waals surface area contributed by atoms with E-state index in [4.69, 9.17) is 5.11 Å². The molecule has 1 saturated heterocycles. The second-order valence-corrected chi connectivity index (χ2v) is 7.27. The Morgan fingerprint density at radius 2 is 2.12 bits per heavy atom. The van der Waals surface area contributed by atoms with Crippen LogP contribution >= 0.6 is 11.8 Å². The Hall–Kier alpha value is -2.02. The van der Waals surface area contributed by atoms with Crippen LogP contribution in [0, 0.1) is 0 Å². The molecule has 1 aromatic carbocycles. The fourth-order valence-corrected chi connectivity index (χ4v) is 4.31. The number of nitrogens with zero attached hydrogens (tertiary/aromatic N) is 2. The minimum atomic E-state index is -0.883. The maximum atomic E-state index is 12.9. The van der Waals surface area contributed by atoms with Crippen LogP contribution in [0.3, 0.4) is 0 Å². The normalized spacial score (nSPS) is 20.7. The van der Waals surface area contributed by atoms with E-state index in [0.717, 1.165) is 17.0 Å². The van der Waals surface area contributed by atoms with Gasteiger partial charge in [-0.2, -0.15) is 11.8 Å². The van der Waals surface area contributed by atoms with E-state index in [0.29, 0.717) is 30.7 Å². The summed E-state index contributed by atoms with van der Waals surface area (Å²) in [6.45, 7) is 0.566. The summed E-state index contributed by atoms with van der Waals surface area (Å²) in [5.74, 6) is 0.551. The average molecular weight is 348 g/mol. The summed E-state index contributed by atoms with van der Waals surface area (Å²) in [7, 11) is 1.74. The molecule has 0 bridgehead atoms. The van der Waals surface area contributed by atoms with Crippen molar-refractivity contribution in [1.82, 2.24) is 4.90 Å². The number of anilines is 1. The van der Waals surface area contributed by atoms with Gasteiger partial charge in [0.15, 0.2) is 0 Å². The van der Waals surface area contributed by atoms with Crippen LogP contribution in [0.4, 0.5) is 5.69 Å². The summed E-state index contributed by atoms with van der Waals surface area (Å²) in [5, 5.41) is 9.06. The van der Waals surface area contributed by atoms with Gasteiger partial charge in [0, 0.05) is 42.8 Å². The van der Waals surface area contributed by atoms with Gasteiger partial charge in [0.25, 0.3) is 5.91 Å². The molecular weight excluding hydrogens is 328 g/mol. The first-order valence-corrected chi connectivity index (χ1v) is 9.13. The molecule has 128 valence electrons. The Balaban J connectivity index is 1.84. The molecule has 1 aromatic rings. The first-order valence-electron chi connectivity index (χ1n) is 7.97. The molecule has 1 fully saturated rings. The van der Waals surface area contributed by atoms with Gasteiger partial charge < -0.3 is 14.9 Å². The van der Waals surface area contributed by atoms with E-state index in [9.17, 15) is 14.4 Å². The van der Waals surface area contributed by atoms with Crippen molar-refractivity contribution in [2.75, 3.05) is 30.0 Å². The third-order valence-corrected chi connectivity index (χ3v) is 5.66. The predicted octanol–water partition coefficient (Wildman–Crippen LogP) is 1.63. The van der Waals surface area contributed by atoms with Crippen LogP contribution in [-0.4, -0.2) is 58.9 Å². The molecule has 2 amide bonds. The van der Waals surface area contributed by atoms with Crippen LogP contribution < -0.4 is 4.90 Å². The smallest absolute Gasteiger partial charge is 0.305 e. The molecule has 2 heterocycles. The number of hydrogen-bond acceptors (Lipinski definition) is 4. The summed E-state index contributed by atoms with van der Waals surface area (Å²) in [6, 6.07) is 5.12. The second kappa shape index (κ2) is 6.84. The third kappa shape index (κ3) is 3.26. The first-order chi connectivity index (χ1) is 11.5. The summed E-state index contributed by atoms with van der Waals surface area (Å²) in [6.07, 6.45) is 1.05. The van der Waals surface area contributed by atoms with Gasteiger partial charge in [-0.15, -0.1) is 0 Å². The number of hydrogen-bond donors (Lipinski definition) is 1. The molecule has 0 spiro atoms. The number of fused-ring (bicyclic) bond motifs is 1. The van der Waals surface area contributed by atoms with Crippen molar-refractivity contribution in [3.8, 4) is 0 Å². The highest BCUT2D eigenvalue weighted by Crippen LogP contribution is 2.29. The monoisotopic (exact) mass is 348 g/mol. The molecule has 6 nitrogen and oxygen atoms in total. The lowest BCUT2D eigenvalue weighted by molar-refractivity contribution is -0.138. The minimum Gasteiger partial charge on any atom is -0.481 e. The summed E-state index contributed by atoms with van der Waals surface area (Å²) in [5.41, 5.74) is 2.40.